The second-order valence-electron chi connectivity index (χ2n) is 3.79. The van der Waals surface area contributed by atoms with Crippen LogP contribution in [0, 0.1) is 0 Å². The topological polar surface area (TPSA) is 87.4 Å². The fourth-order valence-electron chi connectivity index (χ4n) is 1.54. The Morgan fingerprint density at radius 2 is 2.47 bits per heavy atom. The average Bonchev–Trinajstić information content (AvgIpc) is 3.07. The molecule has 1 unspecified atom stereocenters. The number of nitrogens with one attached hydrogen (secondary N) is 2. The summed E-state index contributed by atoms with van der Waals surface area (Å²) < 4.78 is 5.16. The number of carbonyl (C=O) groups excluding carboxylic acids is 1. The number of amides is 1. The maximum absolute atomic E-state index is 12.0. The lowest BCUT2D eigenvalue weighted by atomic mass is 10.2. The van der Waals surface area contributed by atoms with Gasteiger partial charge in [-0.1, -0.05) is 0 Å². The van der Waals surface area contributed by atoms with Gasteiger partial charge in [-0.3, -0.25) is 4.79 Å². The van der Waals surface area contributed by atoms with E-state index in [0.717, 1.165) is 6.54 Å². The van der Waals surface area contributed by atoms with Crippen LogP contribution in [0.25, 0.3) is 0 Å². The van der Waals surface area contributed by atoms with Crippen molar-refractivity contribution in [2.45, 2.75) is 13.0 Å². The summed E-state index contributed by atoms with van der Waals surface area (Å²) in [6, 6.07) is 2.84. The number of carbonyl (C=O) groups is 1. The van der Waals surface area contributed by atoms with E-state index in [9.17, 15) is 9.90 Å². The van der Waals surface area contributed by atoms with Crippen LogP contribution >= 0.6 is 11.3 Å². The van der Waals surface area contributed by atoms with Gasteiger partial charge in [0.2, 0.25) is 0 Å². The van der Waals surface area contributed by atoms with Crippen molar-refractivity contribution in [1.82, 2.24) is 10.3 Å². The second kappa shape index (κ2) is 6.35. The third-order valence-electron chi connectivity index (χ3n) is 2.44. The van der Waals surface area contributed by atoms with Gasteiger partial charge in [0.1, 0.15) is 17.5 Å². The van der Waals surface area contributed by atoms with Crippen LogP contribution in [0.5, 0.6) is 0 Å². The molecule has 0 spiro atoms. The first kappa shape index (κ1) is 13.6. The highest BCUT2D eigenvalue weighted by Crippen LogP contribution is 2.17. The number of hydrogen-bond donors (Lipinski definition) is 3. The van der Waals surface area contributed by atoms with E-state index in [1.807, 2.05) is 6.92 Å². The third-order valence-corrected chi connectivity index (χ3v) is 3.24. The highest BCUT2D eigenvalue weighted by molar-refractivity contribution is 7.13. The molecule has 3 N–H and O–H groups in total. The van der Waals surface area contributed by atoms with Crippen LogP contribution in [0.2, 0.25) is 0 Å². The Morgan fingerprint density at radius 1 is 1.63 bits per heavy atom. The summed E-state index contributed by atoms with van der Waals surface area (Å²) >= 11 is 1.37. The predicted octanol–water partition coefficient (Wildman–Crippen LogP) is 1.63. The molecule has 2 heterocycles. The van der Waals surface area contributed by atoms with Gasteiger partial charge >= 0.3 is 0 Å². The van der Waals surface area contributed by atoms with Gasteiger partial charge in [-0.15, -0.1) is 11.3 Å². The van der Waals surface area contributed by atoms with E-state index in [2.05, 4.69) is 15.6 Å². The molecule has 0 fully saturated rings. The molecule has 19 heavy (non-hydrogen) atoms. The average molecular weight is 281 g/mol. The number of aliphatic hydroxyl groups is 1. The standard InChI is InChI=1S/C12H15N3O3S/c1-2-13-12-15-9(7-19-12)11(17)14-8(6-16)10-4-3-5-18-10/h3-5,7-8,16H,2,6H2,1H3,(H,13,15)(H,14,17). The van der Waals surface area contributed by atoms with Crippen LogP contribution in [-0.4, -0.2) is 29.1 Å². The van der Waals surface area contributed by atoms with Crippen molar-refractivity contribution >= 4 is 22.4 Å². The molecule has 0 aliphatic rings. The number of rotatable bonds is 6. The van der Waals surface area contributed by atoms with Gasteiger partial charge in [0.05, 0.1) is 12.9 Å². The fraction of sp³-hybridized carbons (Fsp3) is 0.333. The van der Waals surface area contributed by atoms with Crippen LogP contribution < -0.4 is 10.6 Å². The van der Waals surface area contributed by atoms with Crippen molar-refractivity contribution in [1.29, 1.82) is 0 Å². The van der Waals surface area contributed by atoms with Gasteiger partial charge in [0, 0.05) is 11.9 Å². The summed E-state index contributed by atoms with van der Waals surface area (Å²) in [4.78, 5) is 16.1. The minimum Gasteiger partial charge on any atom is -0.467 e. The lowest BCUT2D eigenvalue weighted by molar-refractivity contribution is 0.0903. The summed E-state index contributed by atoms with van der Waals surface area (Å²) in [5.41, 5.74) is 0.325. The normalized spacial score (nSPS) is 12.1. The summed E-state index contributed by atoms with van der Waals surface area (Å²) in [7, 11) is 0. The Morgan fingerprint density at radius 3 is 3.11 bits per heavy atom. The molecule has 102 valence electrons. The first-order chi connectivity index (χ1) is 9.24. The molecule has 1 atom stereocenters. The van der Waals surface area contributed by atoms with Crippen molar-refractivity contribution in [3.8, 4) is 0 Å². The molecule has 2 aromatic heterocycles. The molecule has 7 heteroatoms. The van der Waals surface area contributed by atoms with Crippen molar-refractivity contribution in [3.63, 3.8) is 0 Å². The molecule has 6 nitrogen and oxygen atoms in total. The van der Waals surface area contributed by atoms with E-state index in [4.69, 9.17) is 4.42 Å². The van der Waals surface area contributed by atoms with Crippen molar-refractivity contribution < 1.29 is 14.3 Å². The van der Waals surface area contributed by atoms with Gasteiger partial charge in [-0.2, -0.15) is 0 Å². The maximum atomic E-state index is 12.0. The zero-order chi connectivity index (χ0) is 13.7. The van der Waals surface area contributed by atoms with Gasteiger partial charge in [0.25, 0.3) is 5.91 Å². The third kappa shape index (κ3) is 3.33. The largest absolute Gasteiger partial charge is 0.467 e. The molecule has 0 saturated carbocycles. The SMILES string of the molecule is CCNc1nc(C(=O)NC(CO)c2ccco2)cs1. The van der Waals surface area contributed by atoms with Gasteiger partial charge < -0.3 is 20.2 Å². The Kier molecular flexibility index (Phi) is 4.53. The summed E-state index contributed by atoms with van der Waals surface area (Å²) in [6.45, 7) is 2.48. The highest BCUT2D eigenvalue weighted by Gasteiger charge is 2.18. The Balaban J connectivity index is 2.02. The van der Waals surface area contributed by atoms with E-state index in [0.29, 0.717) is 16.6 Å². The molecule has 0 aliphatic carbocycles. The molecule has 0 saturated heterocycles. The second-order valence-corrected chi connectivity index (χ2v) is 4.65. The molecule has 0 aliphatic heterocycles. The first-order valence-corrected chi connectivity index (χ1v) is 6.77. The van der Waals surface area contributed by atoms with Crippen LogP contribution in [0.1, 0.15) is 29.2 Å². The Hall–Kier alpha value is -1.86. The maximum Gasteiger partial charge on any atom is 0.271 e. The molecular formula is C12H15N3O3S. The lowest BCUT2D eigenvalue weighted by Crippen LogP contribution is -2.30. The summed E-state index contributed by atoms with van der Waals surface area (Å²) in [5, 5.41) is 17.4. The monoisotopic (exact) mass is 281 g/mol. The van der Waals surface area contributed by atoms with Crippen molar-refractivity contribution in [3.05, 3.63) is 35.2 Å². The molecule has 2 aromatic rings. The highest BCUT2D eigenvalue weighted by atomic mass is 32.1. The summed E-state index contributed by atoms with van der Waals surface area (Å²) in [6.07, 6.45) is 1.50. The van der Waals surface area contributed by atoms with Gasteiger partial charge in [0.15, 0.2) is 5.13 Å². The van der Waals surface area contributed by atoms with E-state index in [1.54, 1.807) is 17.5 Å². The van der Waals surface area contributed by atoms with Crippen molar-refractivity contribution in [2.24, 2.45) is 0 Å². The first-order valence-electron chi connectivity index (χ1n) is 5.89. The number of nitrogens with zero attached hydrogens (tertiary/aromatic N) is 1. The van der Waals surface area contributed by atoms with E-state index in [-0.39, 0.29) is 12.5 Å². The molecule has 2 rings (SSSR count). The molecule has 0 aromatic carbocycles. The number of hydrogen-bond acceptors (Lipinski definition) is 6. The molecule has 0 bridgehead atoms. The van der Waals surface area contributed by atoms with Gasteiger partial charge in [-0.25, -0.2) is 4.98 Å². The minimum absolute atomic E-state index is 0.233. The quantitative estimate of drug-likeness (QED) is 0.749. The van der Waals surface area contributed by atoms with E-state index in [1.165, 1.54) is 17.6 Å². The van der Waals surface area contributed by atoms with E-state index < -0.39 is 6.04 Å². The molecule has 1 amide bonds. The van der Waals surface area contributed by atoms with Crippen LogP contribution in [0.4, 0.5) is 5.13 Å². The summed E-state index contributed by atoms with van der Waals surface area (Å²) in [5.74, 6) is 0.175. The lowest BCUT2D eigenvalue weighted by Gasteiger charge is -2.12. The number of anilines is 1. The zero-order valence-electron chi connectivity index (χ0n) is 10.4. The number of thiazole rings is 1. The smallest absolute Gasteiger partial charge is 0.271 e. The van der Waals surface area contributed by atoms with Crippen LogP contribution in [-0.2, 0) is 0 Å². The molecule has 0 radical (unpaired) electrons. The van der Waals surface area contributed by atoms with Crippen LogP contribution in [0.3, 0.4) is 0 Å². The van der Waals surface area contributed by atoms with Crippen LogP contribution in [0.15, 0.2) is 28.2 Å². The minimum atomic E-state index is -0.563. The molecular weight excluding hydrogens is 266 g/mol. The number of aliphatic hydroxyl groups excluding tert-OH is 1. The fourth-order valence-corrected chi connectivity index (χ4v) is 2.30. The Bertz CT molecular complexity index is 524. The zero-order valence-corrected chi connectivity index (χ0v) is 11.2. The Labute approximate surface area is 114 Å². The van der Waals surface area contributed by atoms with E-state index >= 15 is 0 Å². The number of aromatic nitrogens is 1. The number of furan rings is 1. The van der Waals surface area contributed by atoms with Gasteiger partial charge in [-0.05, 0) is 19.1 Å². The predicted molar refractivity (Wildman–Crippen MR) is 72.3 cm³/mol. The van der Waals surface area contributed by atoms with Crippen molar-refractivity contribution in [2.75, 3.05) is 18.5 Å².